The van der Waals surface area contributed by atoms with E-state index in [9.17, 15) is 9.90 Å². The lowest BCUT2D eigenvalue weighted by atomic mass is 10.0. The summed E-state index contributed by atoms with van der Waals surface area (Å²) in [5, 5.41) is 10.2. The van der Waals surface area contributed by atoms with Crippen molar-refractivity contribution in [1.82, 2.24) is 0 Å². The van der Waals surface area contributed by atoms with E-state index in [-0.39, 0.29) is 23.2 Å². The Bertz CT molecular complexity index is 704. The van der Waals surface area contributed by atoms with E-state index in [0.717, 1.165) is 19.3 Å². The molecule has 0 saturated heterocycles. The number of rotatable bonds is 9. The van der Waals surface area contributed by atoms with Gasteiger partial charge in [0.25, 0.3) is 0 Å². The minimum absolute atomic E-state index is 0.0877. The van der Waals surface area contributed by atoms with Gasteiger partial charge in [0.05, 0.1) is 5.56 Å². The van der Waals surface area contributed by atoms with Crippen molar-refractivity contribution in [3.8, 4) is 11.5 Å². The van der Waals surface area contributed by atoms with Crippen molar-refractivity contribution >= 4 is 5.78 Å². The van der Waals surface area contributed by atoms with Crippen molar-refractivity contribution in [2.45, 2.75) is 25.4 Å². The molecule has 0 bridgehead atoms. The fraction of sp³-hybridized carbons (Fsp3) is 0.190. The fourth-order valence-electron chi connectivity index (χ4n) is 2.38. The van der Waals surface area contributed by atoms with Crippen LogP contribution in [-0.2, 0) is 0 Å². The number of phenols is 1. The highest BCUT2D eigenvalue weighted by atomic mass is 16.5. The number of benzene rings is 2. The van der Waals surface area contributed by atoms with Crippen LogP contribution in [0.3, 0.4) is 0 Å². The van der Waals surface area contributed by atoms with E-state index in [1.54, 1.807) is 42.5 Å². The summed E-state index contributed by atoms with van der Waals surface area (Å²) in [5.74, 6) is 0.210. The van der Waals surface area contributed by atoms with E-state index < -0.39 is 0 Å². The van der Waals surface area contributed by atoms with Gasteiger partial charge in [-0.05, 0) is 31.4 Å². The van der Waals surface area contributed by atoms with Gasteiger partial charge in [-0.1, -0.05) is 49.1 Å². The molecule has 3 nitrogen and oxygen atoms in total. The number of carbonyl (C=O) groups excluding carboxylic acids is 1. The molecule has 0 heterocycles. The van der Waals surface area contributed by atoms with Crippen LogP contribution in [0.25, 0.3) is 0 Å². The monoisotopic (exact) mass is 322 g/mol. The van der Waals surface area contributed by atoms with Crippen LogP contribution < -0.4 is 4.74 Å². The molecule has 0 aliphatic rings. The lowest BCUT2D eigenvalue weighted by Crippen LogP contribution is -2.13. The van der Waals surface area contributed by atoms with Crippen LogP contribution in [0, 0.1) is 0 Å². The Morgan fingerprint density at radius 3 is 2.54 bits per heavy atom. The zero-order chi connectivity index (χ0) is 17.4. The van der Waals surface area contributed by atoms with Crippen molar-refractivity contribution in [3.63, 3.8) is 0 Å². The van der Waals surface area contributed by atoms with Gasteiger partial charge in [0.15, 0.2) is 5.78 Å². The molecule has 2 aromatic carbocycles. The second-order valence-corrected chi connectivity index (χ2v) is 5.49. The lowest BCUT2D eigenvalue weighted by molar-refractivity contribution is 0.103. The van der Waals surface area contributed by atoms with Crippen molar-refractivity contribution < 1.29 is 14.6 Å². The number of unbranched alkanes of at least 4 members (excludes halogenated alkanes) is 1. The van der Waals surface area contributed by atoms with Gasteiger partial charge >= 0.3 is 0 Å². The molecule has 1 N–H and O–H groups in total. The molecule has 24 heavy (non-hydrogen) atoms. The van der Waals surface area contributed by atoms with Crippen LogP contribution in [0.2, 0.25) is 0 Å². The minimum atomic E-state index is -0.217. The van der Waals surface area contributed by atoms with Gasteiger partial charge in [-0.2, -0.15) is 0 Å². The second-order valence-electron chi connectivity index (χ2n) is 5.49. The van der Waals surface area contributed by atoms with E-state index >= 15 is 0 Å². The van der Waals surface area contributed by atoms with Crippen molar-refractivity contribution in [1.29, 1.82) is 0 Å². The summed E-state index contributed by atoms with van der Waals surface area (Å²) < 4.78 is 5.81. The first kappa shape index (κ1) is 17.5. The number of allylic oxidation sites excluding steroid dienone is 1. The predicted octanol–water partition coefficient (Wildman–Crippen LogP) is 4.91. The van der Waals surface area contributed by atoms with E-state index in [1.165, 1.54) is 6.07 Å². The molecule has 1 atom stereocenters. The summed E-state index contributed by atoms with van der Waals surface area (Å²) in [6.07, 6.45) is 6.17. The average molecular weight is 322 g/mol. The largest absolute Gasteiger partial charge is 0.507 e. The van der Waals surface area contributed by atoms with Crippen molar-refractivity contribution in [2.24, 2.45) is 0 Å². The molecule has 0 saturated carbocycles. The Labute approximate surface area is 142 Å². The van der Waals surface area contributed by atoms with Crippen molar-refractivity contribution in [3.05, 3.63) is 85.0 Å². The molecule has 0 radical (unpaired) electrons. The first-order valence-corrected chi connectivity index (χ1v) is 7.98. The molecule has 0 spiro atoms. The topological polar surface area (TPSA) is 46.5 Å². The third-order valence-corrected chi connectivity index (χ3v) is 3.70. The quantitative estimate of drug-likeness (QED) is 0.405. The summed E-state index contributed by atoms with van der Waals surface area (Å²) in [6, 6.07) is 13.6. The third-order valence-electron chi connectivity index (χ3n) is 3.70. The highest BCUT2D eigenvalue weighted by molar-refractivity contribution is 6.10. The first-order valence-electron chi connectivity index (χ1n) is 7.98. The Hall–Kier alpha value is -2.81. The summed E-state index contributed by atoms with van der Waals surface area (Å²) in [7, 11) is 0. The zero-order valence-electron chi connectivity index (χ0n) is 13.7. The van der Waals surface area contributed by atoms with Gasteiger partial charge in [-0.3, -0.25) is 4.79 Å². The highest BCUT2D eigenvalue weighted by Gasteiger charge is 2.15. The Kier molecular flexibility index (Phi) is 6.38. The molecule has 124 valence electrons. The molecular formula is C21H22O3. The second kappa shape index (κ2) is 8.73. The number of aromatic hydroxyl groups is 1. The van der Waals surface area contributed by atoms with Crippen LogP contribution in [0.1, 0.15) is 35.2 Å². The van der Waals surface area contributed by atoms with Crippen LogP contribution in [0.5, 0.6) is 11.5 Å². The van der Waals surface area contributed by atoms with Gasteiger partial charge in [-0.15, -0.1) is 6.58 Å². The average Bonchev–Trinajstić information content (AvgIpc) is 2.61. The molecule has 0 amide bonds. The molecule has 0 aromatic heterocycles. The van der Waals surface area contributed by atoms with E-state index in [2.05, 4.69) is 13.2 Å². The SMILES string of the molecule is C=CCCCC(C=C)Oc1ccc(C(=O)c2ccccc2)c(O)c1. The number of hydrogen-bond donors (Lipinski definition) is 1. The van der Waals surface area contributed by atoms with Crippen molar-refractivity contribution in [2.75, 3.05) is 0 Å². The maximum Gasteiger partial charge on any atom is 0.196 e. The Balaban J connectivity index is 2.10. The van der Waals surface area contributed by atoms with E-state index in [0.29, 0.717) is 11.3 Å². The third kappa shape index (κ3) is 4.59. The number of hydrogen-bond acceptors (Lipinski definition) is 3. The lowest BCUT2D eigenvalue weighted by Gasteiger charge is -2.16. The molecule has 0 fully saturated rings. The van der Waals surface area contributed by atoms with Gasteiger partial charge in [0.2, 0.25) is 0 Å². The van der Waals surface area contributed by atoms with Gasteiger partial charge < -0.3 is 9.84 Å². The van der Waals surface area contributed by atoms with Gasteiger partial charge in [0, 0.05) is 11.6 Å². The fourth-order valence-corrected chi connectivity index (χ4v) is 2.38. The van der Waals surface area contributed by atoms with Gasteiger partial charge in [-0.25, -0.2) is 0 Å². The minimum Gasteiger partial charge on any atom is -0.507 e. The number of phenolic OH excluding ortho intramolecular Hbond substituents is 1. The standard InChI is InChI=1S/C21H22O3/c1-3-5-7-12-17(4-2)24-18-13-14-19(20(22)15-18)21(23)16-10-8-6-9-11-16/h3-4,6,8-11,13-15,17,22H,1-2,5,7,12H2. The Morgan fingerprint density at radius 1 is 1.17 bits per heavy atom. The maximum atomic E-state index is 12.4. The zero-order valence-corrected chi connectivity index (χ0v) is 13.7. The maximum absolute atomic E-state index is 12.4. The molecule has 0 aliphatic heterocycles. The smallest absolute Gasteiger partial charge is 0.196 e. The molecule has 1 unspecified atom stereocenters. The van der Waals surface area contributed by atoms with Gasteiger partial charge in [0.1, 0.15) is 17.6 Å². The molecule has 2 aromatic rings. The first-order chi connectivity index (χ1) is 11.7. The summed E-state index contributed by atoms with van der Waals surface area (Å²) in [6.45, 7) is 7.47. The normalized spacial score (nSPS) is 11.5. The molecule has 2 rings (SSSR count). The van der Waals surface area contributed by atoms with Crippen LogP contribution in [-0.4, -0.2) is 17.0 Å². The molecule has 0 aliphatic carbocycles. The van der Waals surface area contributed by atoms with E-state index in [1.807, 2.05) is 12.1 Å². The highest BCUT2D eigenvalue weighted by Crippen LogP contribution is 2.27. The van der Waals surface area contributed by atoms with Crippen LogP contribution >= 0.6 is 0 Å². The number of ether oxygens (including phenoxy) is 1. The Morgan fingerprint density at radius 2 is 1.92 bits per heavy atom. The molecular weight excluding hydrogens is 300 g/mol. The molecule has 3 heteroatoms. The summed E-state index contributed by atoms with van der Waals surface area (Å²) in [4.78, 5) is 12.4. The van der Waals surface area contributed by atoms with Crippen LogP contribution in [0.4, 0.5) is 0 Å². The van der Waals surface area contributed by atoms with E-state index in [4.69, 9.17) is 4.74 Å². The number of carbonyl (C=O) groups is 1. The number of ketones is 1. The summed E-state index contributed by atoms with van der Waals surface area (Å²) in [5.41, 5.74) is 0.797. The predicted molar refractivity (Wildman–Crippen MR) is 96.6 cm³/mol. The summed E-state index contributed by atoms with van der Waals surface area (Å²) >= 11 is 0. The van der Waals surface area contributed by atoms with Crippen LogP contribution in [0.15, 0.2) is 73.8 Å².